The average molecular weight is 1250 g/mol. The van der Waals surface area contributed by atoms with Gasteiger partial charge >= 0.3 is 11.9 Å². The first kappa shape index (κ1) is 62.3. The maximum absolute atomic E-state index is 16.4. The Morgan fingerprint density at radius 1 is 0.667 bits per heavy atom. The van der Waals surface area contributed by atoms with Gasteiger partial charge in [-0.25, -0.2) is 4.79 Å². The fourth-order valence-electron chi connectivity index (χ4n) is 25.4. The van der Waals surface area contributed by atoms with Gasteiger partial charge in [0.25, 0.3) is 0 Å². The van der Waals surface area contributed by atoms with Crippen LogP contribution in [0.2, 0.25) is 0 Å². The quantitative estimate of drug-likeness (QED) is 0.0795. The molecule has 7 heteroatoms. The standard InChI is InChI=1S/C86H104O7/c1-55(20-18-23-57-21-8-4-9-22-57)48-61-32-31-59-33-35-66(82(41-15-7-16-42-82)63-25-10-5-11-26-63)51-69(59)80(90)93-72-49-56(2)85(91,47-37-58-50-74(88)92-54-58)86(79(61)89)73(87)40-44-81(3,78(72)86)65-39-46-83-45-38-62-53-84(64-27-12-6-13-28-64)43-17-14-30-70(84)68-36-34-60-24-19-29-67(71(83)52-65)75(60)76(68)77(62)83/h4-6,8-13,19,21-22,24-29,34,36,50,55-56,59,61-62,65-66,69-73,77-79,87,89,91H,7,14-18,20,23,30,33,35,37-49,51-54H2,1-3H3. The van der Waals surface area contributed by atoms with Crippen molar-refractivity contribution in [1.82, 2.24) is 0 Å². The van der Waals surface area contributed by atoms with E-state index in [1.54, 1.807) is 22.8 Å². The van der Waals surface area contributed by atoms with Gasteiger partial charge in [0.1, 0.15) is 12.7 Å². The summed E-state index contributed by atoms with van der Waals surface area (Å²) in [6, 6.07) is 46.1. The van der Waals surface area contributed by atoms with E-state index in [-0.39, 0.29) is 64.9 Å². The van der Waals surface area contributed by atoms with Crippen molar-refractivity contribution < 1.29 is 34.4 Å². The minimum absolute atomic E-state index is 0.0265. The summed E-state index contributed by atoms with van der Waals surface area (Å²) >= 11 is 0. The largest absolute Gasteiger partial charge is 0.462 e. The Balaban J connectivity index is 0.829. The molecule has 2 aliphatic heterocycles. The first-order valence-corrected chi connectivity index (χ1v) is 37.6. The number of carbonyl (C=O) groups is 2. The Bertz CT molecular complexity index is 3690. The molecule has 7 saturated carbocycles. The lowest BCUT2D eigenvalue weighted by Gasteiger charge is -2.71. The van der Waals surface area contributed by atoms with Gasteiger partial charge in [-0.2, -0.15) is 0 Å². The highest BCUT2D eigenvalue weighted by atomic mass is 16.5. The van der Waals surface area contributed by atoms with Crippen LogP contribution in [0.5, 0.6) is 0 Å². The zero-order valence-corrected chi connectivity index (χ0v) is 56.1. The first-order valence-electron chi connectivity index (χ1n) is 37.6. The Kier molecular flexibility index (Phi) is 16.2. The van der Waals surface area contributed by atoms with Crippen molar-refractivity contribution in [3.05, 3.63) is 166 Å². The number of hydrogen-bond donors (Lipinski definition) is 3. The molecule has 0 saturated heterocycles. The molecule has 2 bridgehead atoms. The molecule has 11 aliphatic rings. The summed E-state index contributed by atoms with van der Waals surface area (Å²) in [5.41, 5.74) is 6.36. The number of ether oxygens (including phenoxy) is 2. The molecule has 0 aromatic heterocycles. The highest BCUT2D eigenvalue weighted by Crippen LogP contribution is 2.77. The lowest BCUT2D eigenvalue weighted by molar-refractivity contribution is -0.331. The molecule has 16 rings (SSSR count). The van der Waals surface area contributed by atoms with Crippen LogP contribution in [0, 0.1) is 81.3 Å². The second-order valence-corrected chi connectivity index (χ2v) is 33.4. The van der Waals surface area contributed by atoms with Gasteiger partial charge in [0.2, 0.25) is 0 Å². The zero-order chi connectivity index (χ0) is 63.5. The van der Waals surface area contributed by atoms with Crippen LogP contribution in [-0.4, -0.2) is 57.8 Å². The number of aliphatic hydroxyl groups excluding tert-OH is 2. The molecule has 0 radical (unpaired) electrons. The van der Waals surface area contributed by atoms with Crippen molar-refractivity contribution in [2.45, 2.75) is 247 Å². The number of benzene rings is 5. The molecule has 20 atom stereocenters. The van der Waals surface area contributed by atoms with Crippen molar-refractivity contribution in [1.29, 1.82) is 0 Å². The van der Waals surface area contributed by atoms with Gasteiger partial charge in [0.15, 0.2) is 0 Å². The van der Waals surface area contributed by atoms with Crippen molar-refractivity contribution in [2.24, 2.45) is 69.5 Å². The van der Waals surface area contributed by atoms with Gasteiger partial charge in [-0.3, -0.25) is 4.79 Å². The molecule has 7 fully saturated rings. The van der Waals surface area contributed by atoms with Gasteiger partial charge < -0.3 is 24.8 Å². The predicted octanol–water partition coefficient (Wildman–Crippen LogP) is 17.9. The molecule has 7 nitrogen and oxygen atoms in total. The lowest BCUT2D eigenvalue weighted by atomic mass is 9.36. The van der Waals surface area contributed by atoms with E-state index in [1.807, 2.05) is 0 Å². The van der Waals surface area contributed by atoms with E-state index in [0.717, 1.165) is 69.8 Å². The normalized spacial score (nSPS) is 40.0. The number of carbonyl (C=O) groups excluding carboxylic acids is 2. The first-order chi connectivity index (χ1) is 45.2. The Morgan fingerprint density at radius 2 is 1.40 bits per heavy atom. The molecule has 93 heavy (non-hydrogen) atoms. The maximum Gasteiger partial charge on any atom is 0.331 e. The highest BCUT2D eigenvalue weighted by molar-refractivity contribution is 5.93. The van der Waals surface area contributed by atoms with Crippen LogP contribution >= 0.6 is 0 Å². The van der Waals surface area contributed by atoms with Gasteiger partial charge in [0.05, 0.1) is 29.1 Å². The number of esters is 2. The van der Waals surface area contributed by atoms with Gasteiger partial charge in [-0.1, -0.05) is 192 Å². The molecule has 1 spiro atoms. The number of cyclic esters (lactones) is 1. The summed E-state index contributed by atoms with van der Waals surface area (Å²) in [4.78, 5) is 29.2. The Hall–Kier alpha value is -5.52. The number of hydrogen-bond acceptors (Lipinski definition) is 7. The molecular weight excluding hydrogens is 1140 g/mol. The summed E-state index contributed by atoms with van der Waals surface area (Å²) in [6.45, 7) is 7.08. The third-order valence-corrected chi connectivity index (χ3v) is 29.5. The van der Waals surface area contributed by atoms with Gasteiger partial charge in [-0.15, -0.1) is 0 Å². The molecule has 3 N–H and O–H groups in total. The summed E-state index contributed by atoms with van der Waals surface area (Å²) in [5.74, 6) is 7.28. The van der Waals surface area contributed by atoms with Crippen molar-refractivity contribution in [3.63, 3.8) is 0 Å². The lowest BCUT2D eigenvalue weighted by Crippen LogP contribution is -2.77. The SMILES string of the molecule is CC(CCCc1ccccc1)CC1C#CC2CCC(C3(c4ccccc4)CCCCC3)CC2C(=O)OC2CC(C)C(O)(CCC3=CC(=O)OC3)C3(C(O)CCC(C)(C4CCC56CCC7CC8(c9ccccc9)CCCCC8c8ccc9cccc(c9c8C75)C6C4)C23)C1O. The van der Waals surface area contributed by atoms with E-state index in [2.05, 4.69) is 154 Å². The van der Waals surface area contributed by atoms with E-state index in [4.69, 9.17) is 9.47 Å². The summed E-state index contributed by atoms with van der Waals surface area (Å²) in [6.07, 6.45) is 24.3. The molecule has 20 unspecified atom stereocenters. The van der Waals surface area contributed by atoms with E-state index >= 15 is 4.79 Å². The monoisotopic (exact) mass is 1250 g/mol. The van der Waals surface area contributed by atoms with E-state index < -0.39 is 58.4 Å². The maximum atomic E-state index is 16.4. The van der Waals surface area contributed by atoms with Gasteiger partial charge in [0, 0.05) is 29.2 Å². The van der Waals surface area contributed by atoms with Crippen LogP contribution < -0.4 is 0 Å². The van der Waals surface area contributed by atoms with E-state index in [0.29, 0.717) is 62.2 Å². The van der Waals surface area contributed by atoms with Crippen LogP contribution in [0.25, 0.3) is 10.8 Å². The van der Waals surface area contributed by atoms with Crippen LogP contribution in [0.1, 0.15) is 239 Å². The minimum Gasteiger partial charge on any atom is -0.462 e. The van der Waals surface area contributed by atoms with Gasteiger partial charge in [-0.05, 0) is 248 Å². The molecular formula is C86H104O7. The highest BCUT2D eigenvalue weighted by Gasteiger charge is 2.76. The molecule has 0 amide bonds. The van der Waals surface area contributed by atoms with E-state index in [9.17, 15) is 20.1 Å². The zero-order valence-electron chi connectivity index (χ0n) is 56.1. The molecule has 9 aliphatic carbocycles. The number of rotatable bonds is 13. The summed E-state index contributed by atoms with van der Waals surface area (Å²) in [7, 11) is 0. The Labute approximate surface area is 555 Å². The van der Waals surface area contributed by atoms with Crippen LogP contribution in [0.4, 0.5) is 0 Å². The second-order valence-electron chi connectivity index (χ2n) is 33.4. The van der Waals surface area contributed by atoms with Crippen LogP contribution in [0.15, 0.2) is 133 Å². The third-order valence-electron chi connectivity index (χ3n) is 29.5. The Morgan fingerprint density at radius 3 is 2.16 bits per heavy atom. The predicted molar refractivity (Wildman–Crippen MR) is 368 cm³/mol. The molecule has 2 heterocycles. The van der Waals surface area contributed by atoms with Crippen LogP contribution in [0.3, 0.4) is 0 Å². The summed E-state index contributed by atoms with van der Waals surface area (Å²) < 4.78 is 13.1. The number of aryl methyl sites for hydroxylation is 1. The molecule has 490 valence electrons. The number of aliphatic hydroxyl groups is 3. The third kappa shape index (κ3) is 9.84. The fourth-order valence-corrected chi connectivity index (χ4v) is 25.4. The van der Waals surface area contributed by atoms with Crippen molar-refractivity contribution in [2.75, 3.05) is 6.61 Å². The van der Waals surface area contributed by atoms with Crippen molar-refractivity contribution in [3.8, 4) is 11.8 Å². The molecule has 5 aromatic rings. The minimum atomic E-state index is -1.65. The number of fused-ring (bicyclic) bond motifs is 4. The van der Waals surface area contributed by atoms with E-state index in [1.165, 1.54) is 91.7 Å². The smallest absolute Gasteiger partial charge is 0.331 e. The van der Waals surface area contributed by atoms with Crippen LogP contribution in [-0.2, 0) is 36.3 Å². The second kappa shape index (κ2) is 24.2. The van der Waals surface area contributed by atoms with Crippen molar-refractivity contribution >= 4 is 22.7 Å². The fraction of sp³-hybridized carbons (Fsp3) is 0.605. The summed E-state index contributed by atoms with van der Waals surface area (Å²) in [5, 5.41) is 46.4. The molecule has 5 aromatic carbocycles. The topological polar surface area (TPSA) is 113 Å². The average Bonchev–Trinajstić information content (AvgIpc) is 1.52.